The van der Waals surface area contributed by atoms with Gasteiger partial charge in [-0.1, -0.05) is 65.2 Å². The zero-order chi connectivity index (χ0) is 17.2. The van der Waals surface area contributed by atoms with Gasteiger partial charge in [0.1, 0.15) is 0 Å². The van der Waals surface area contributed by atoms with Crippen LogP contribution in [0.25, 0.3) is 0 Å². The fraction of sp³-hybridized carbons (Fsp3) is 1.00. The largest absolute Gasteiger partial charge is 1.00 e. The van der Waals surface area contributed by atoms with Crippen LogP contribution in [0.2, 0.25) is 0 Å². The van der Waals surface area contributed by atoms with E-state index in [1.54, 1.807) is 0 Å². The number of nitrogens with zero attached hydrogens (tertiary/aromatic N) is 1. The van der Waals surface area contributed by atoms with Crippen molar-refractivity contribution < 1.29 is 21.5 Å². The Balaban J connectivity index is 0. The molecule has 0 amide bonds. The Morgan fingerprint density at radius 1 is 0.542 bits per heavy atom. The SMILES string of the molecule is CCCCCCCC[N+](C)(CCCCCl)CCCCCCCC.[Br-]. The summed E-state index contributed by atoms with van der Waals surface area (Å²) >= 11 is 5.87. The molecule has 0 unspecified atom stereocenters. The summed E-state index contributed by atoms with van der Waals surface area (Å²) in [5.74, 6) is 0.827. The third kappa shape index (κ3) is 17.5. The predicted octanol–water partition coefficient (Wildman–Crippen LogP) is 4.18. The number of quaternary nitrogens is 1. The van der Waals surface area contributed by atoms with Crippen LogP contribution in [0.3, 0.4) is 0 Å². The molecule has 3 heteroatoms. The lowest BCUT2D eigenvalue weighted by atomic mass is 10.1. The standard InChI is InChI=1S/C21H45ClN.BrH/c1-4-6-8-10-12-15-19-23(3,21-17-14-18-22)20-16-13-11-9-7-5-2;/h4-21H2,1-3H3;1H/q+1;/p-1. The predicted molar refractivity (Wildman–Crippen MR) is 107 cm³/mol. The molecule has 0 spiro atoms. The van der Waals surface area contributed by atoms with Gasteiger partial charge in [-0.2, -0.15) is 0 Å². The lowest BCUT2D eigenvalue weighted by Crippen LogP contribution is -3.00. The first kappa shape index (κ1) is 27.0. The van der Waals surface area contributed by atoms with Crippen LogP contribution in [0.5, 0.6) is 0 Å². The van der Waals surface area contributed by atoms with Crippen molar-refractivity contribution >= 4 is 11.6 Å². The zero-order valence-electron chi connectivity index (χ0n) is 16.9. The minimum atomic E-state index is 0. The molecule has 0 rings (SSSR count). The molecule has 0 bridgehead atoms. The topological polar surface area (TPSA) is 0 Å². The second-order valence-corrected chi connectivity index (χ2v) is 8.10. The summed E-state index contributed by atoms with van der Waals surface area (Å²) < 4.78 is 1.29. The summed E-state index contributed by atoms with van der Waals surface area (Å²) in [7, 11) is 2.49. The van der Waals surface area contributed by atoms with Crippen LogP contribution in [0, 0.1) is 0 Å². The van der Waals surface area contributed by atoms with Gasteiger partial charge in [0, 0.05) is 5.88 Å². The molecule has 0 aliphatic rings. The van der Waals surface area contributed by atoms with Crippen molar-refractivity contribution in [1.82, 2.24) is 0 Å². The molecular formula is C21H45BrClN. The molecule has 0 aromatic carbocycles. The van der Waals surface area contributed by atoms with Gasteiger partial charge < -0.3 is 21.5 Å². The highest BCUT2D eigenvalue weighted by molar-refractivity contribution is 6.17. The number of hydrogen-bond acceptors (Lipinski definition) is 0. The van der Waals surface area contributed by atoms with Crippen LogP contribution in [0.1, 0.15) is 104 Å². The molecular weight excluding hydrogens is 382 g/mol. The highest BCUT2D eigenvalue weighted by Crippen LogP contribution is 2.15. The molecule has 24 heavy (non-hydrogen) atoms. The first-order chi connectivity index (χ1) is 11.2. The van der Waals surface area contributed by atoms with Crippen molar-refractivity contribution in [2.75, 3.05) is 32.6 Å². The molecule has 0 N–H and O–H groups in total. The molecule has 0 fully saturated rings. The van der Waals surface area contributed by atoms with Gasteiger partial charge in [0.25, 0.3) is 0 Å². The van der Waals surface area contributed by atoms with Gasteiger partial charge in [-0.15, -0.1) is 11.6 Å². The monoisotopic (exact) mass is 425 g/mol. The van der Waals surface area contributed by atoms with E-state index in [-0.39, 0.29) is 17.0 Å². The normalized spacial score (nSPS) is 11.5. The lowest BCUT2D eigenvalue weighted by Gasteiger charge is -2.35. The van der Waals surface area contributed by atoms with Gasteiger partial charge in [-0.3, -0.25) is 0 Å². The van der Waals surface area contributed by atoms with Crippen molar-refractivity contribution in [2.24, 2.45) is 0 Å². The highest BCUT2D eigenvalue weighted by Gasteiger charge is 2.19. The molecule has 0 aromatic heterocycles. The van der Waals surface area contributed by atoms with Crippen LogP contribution >= 0.6 is 11.6 Å². The first-order valence-corrected chi connectivity index (χ1v) is 11.1. The summed E-state index contributed by atoms with van der Waals surface area (Å²) in [6.45, 7) is 8.68. The summed E-state index contributed by atoms with van der Waals surface area (Å²) in [6, 6.07) is 0. The Morgan fingerprint density at radius 2 is 0.875 bits per heavy atom. The number of rotatable bonds is 18. The van der Waals surface area contributed by atoms with E-state index in [2.05, 4.69) is 20.9 Å². The number of unbranched alkanes of at least 4 members (excludes halogenated alkanes) is 11. The Bertz CT molecular complexity index is 220. The van der Waals surface area contributed by atoms with Crippen molar-refractivity contribution in [3.05, 3.63) is 0 Å². The molecule has 0 atom stereocenters. The molecule has 0 aliphatic carbocycles. The van der Waals surface area contributed by atoms with E-state index in [0.717, 1.165) is 5.88 Å². The van der Waals surface area contributed by atoms with Gasteiger partial charge in [0.15, 0.2) is 0 Å². The van der Waals surface area contributed by atoms with Gasteiger partial charge in [-0.25, -0.2) is 0 Å². The minimum absolute atomic E-state index is 0. The average Bonchev–Trinajstić information content (AvgIpc) is 2.54. The molecule has 0 heterocycles. The fourth-order valence-corrected chi connectivity index (χ4v) is 3.66. The minimum Gasteiger partial charge on any atom is -1.00 e. The van der Waals surface area contributed by atoms with E-state index >= 15 is 0 Å². The Hall–Kier alpha value is 0.730. The second-order valence-electron chi connectivity index (χ2n) is 7.72. The third-order valence-electron chi connectivity index (χ3n) is 5.18. The molecule has 0 radical (unpaired) electrons. The molecule has 1 nitrogen and oxygen atoms in total. The van der Waals surface area contributed by atoms with E-state index in [1.165, 1.54) is 114 Å². The van der Waals surface area contributed by atoms with Crippen molar-refractivity contribution in [2.45, 2.75) is 104 Å². The van der Waals surface area contributed by atoms with Gasteiger partial charge in [-0.05, 0) is 38.5 Å². The summed E-state index contributed by atoms with van der Waals surface area (Å²) in [5, 5.41) is 0. The maximum absolute atomic E-state index is 5.87. The summed E-state index contributed by atoms with van der Waals surface area (Å²) in [5.41, 5.74) is 0. The van der Waals surface area contributed by atoms with Crippen LogP contribution < -0.4 is 17.0 Å². The summed E-state index contributed by atoms with van der Waals surface area (Å²) in [4.78, 5) is 0. The van der Waals surface area contributed by atoms with Crippen molar-refractivity contribution in [3.63, 3.8) is 0 Å². The van der Waals surface area contributed by atoms with E-state index < -0.39 is 0 Å². The molecule has 0 saturated heterocycles. The average molecular weight is 427 g/mol. The first-order valence-electron chi connectivity index (χ1n) is 10.6. The zero-order valence-corrected chi connectivity index (χ0v) is 19.3. The highest BCUT2D eigenvalue weighted by atomic mass is 79.9. The Morgan fingerprint density at radius 3 is 1.25 bits per heavy atom. The number of alkyl halides is 1. The molecule has 0 aromatic rings. The fourth-order valence-electron chi connectivity index (χ4n) is 3.47. The van der Waals surface area contributed by atoms with E-state index in [4.69, 9.17) is 11.6 Å². The van der Waals surface area contributed by atoms with Gasteiger partial charge >= 0.3 is 0 Å². The molecule has 148 valence electrons. The van der Waals surface area contributed by atoms with Crippen LogP contribution in [0.4, 0.5) is 0 Å². The van der Waals surface area contributed by atoms with Crippen LogP contribution in [-0.4, -0.2) is 37.0 Å². The van der Waals surface area contributed by atoms with E-state index in [1.807, 2.05) is 0 Å². The number of halogens is 2. The molecule has 0 saturated carbocycles. The Kier molecular flexibility index (Phi) is 22.5. The maximum atomic E-state index is 5.87. The van der Waals surface area contributed by atoms with Crippen LogP contribution in [0.15, 0.2) is 0 Å². The number of hydrogen-bond donors (Lipinski definition) is 0. The Labute approximate surface area is 169 Å². The van der Waals surface area contributed by atoms with E-state index in [0.29, 0.717) is 0 Å². The third-order valence-corrected chi connectivity index (χ3v) is 5.45. The lowest BCUT2D eigenvalue weighted by molar-refractivity contribution is -0.910. The quantitative estimate of drug-likeness (QED) is 0.175. The van der Waals surface area contributed by atoms with Gasteiger partial charge in [0.05, 0.1) is 26.7 Å². The molecule has 0 aliphatic heterocycles. The second kappa shape index (κ2) is 20.0. The van der Waals surface area contributed by atoms with Crippen LogP contribution in [-0.2, 0) is 0 Å². The smallest absolute Gasteiger partial charge is 0.0784 e. The maximum Gasteiger partial charge on any atom is 0.0784 e. The summed E-state index contributed by atoms with van der Waals surface area (Å²) in [6.07, 6.45) is 19.4. The van der Waals surface area contributed by atoms with Gasteiger partial charge in [0.2, 0.25) is 0 Å². The van der Waals surface area contributed by atoms with Crippen molar-refractivity contribution in [1.29, 1.82) is 0 Å². The van der Waals surface area contributed by atoms with Crippen molar-refractivity contribution in [3.8, 4) is 0 Å². The van der Waals surface area contributed by atoms with E-state index in [9.17, 15) is 0 Å².